The second kappa shape index (κ2) is 9.50. The van der Waals surface area contributed by atoms with Gasteiger partial charge in [0.2, 0.25) is 10.0 Å². The fourth-order valence-electron chi connectivity index (χ4n) is 4.07. The molecule has 0 radical (unpaired) electrons. The van der Waals surface area contributed by atoms with Crippen LogP contribution in [-0.2, 0) is 10.0 Å². The van der Waals surface area contributed by atoms with E-state index in [2.05, 4.69) is 5.32 Å². The van der Waals surface area contributed by atoms with Crippen molar-refractivity contribution in [2.45, 2.75) is 43.4 Å². The van der Waals surface area contributed by atoms with E-state index in [1.807, 2.05) is 4.90 Å². The minimum absolute atomic E-state index is 0.0111. The molecule has 0 unspecified atom stereocenters. The van der Waals surface area contributed by atoms with Gasteiger partial charge in [0.25, 0.3) is 11.8 Å². The van der Waals surface area contributed by atoms with E-state index in [-0.39, 0.29) is 15.7 Å². The number of carbonyl (C=O) groups is 2. The molecule has 2 aliphatic rings. The van der Waals surface area contributed by atoms with Crippen LogP contribution in [0, 0.1) is 0 Å². The Morgan fingerprint density at radius 3 is 2.10 bits per heavy atom. The average Bonchev–Trinajstić information content (AvgIpc) is 3.42. The zero-order valence-electron chi connectivity index (χ0n) is 17.4. The first-order valence-corrected chi connectivity index (χ1v) is 13.1. The highest BCUT2D eigenvalue weighted by atomic mass is 32.2. The summed E-state index contributed by atoms with van der Waals surface area (Å²) in [5, 5.41) is 4.39. The van der Waals surface area contributed by atoms with E-state index in [4.69, 9.17) is 0 Å². The van der Waals surface area contributed by atoms with E-state index in [1.165, 1.54) is 10.4 Å². The van der Waals surface area contributed by atoms with Gasteiger partial charge in [0.15, 0.2) is 0 Å². The highest BCUT2D eigenvalue weighted by Gasteiger charge is 2.31. The summed E-state index contributed by atoms with van der Waals surface area (Å²) in [7, 11) is -3.66. The van der Waals surface area contributed by atoms with Crippen LogP contribution in [0.25, 0.3) is 0 Å². The maximum atomic E-state index is 12.9. The maximum absolute atomic E-state index is 12.9. The van der Waals surface area contributed by atoms with E-state index < -0.39 is 15.9 Å². The third-order valence-corrected chi connectivity index (χ3v) is 8.78. The van der Waals surface area contributed by atoms with Crippen LogP contribution in [0.15, 0.2) is 40.6 Å². The standard InChI is InChI=1S/C22H27N3O4S2/c26-21(20-19(11-16-30-20)31(28,29)25-14-5-6-15-25)23-18-9-7-17(8-10-18)22(27)24-12-3-1-2-4-13-24/h7-11,16H,1-6,12-15H2,(H,23,26). The number of sulfonamides is 1. The molecule has 0 saturated carbocycles. The van der Waals surface area contributed by atoms with Crippen LogP contribution in [0.4, 0.5) is 5.69 Å². The largest absolute Gasteiger partial charge is 0.339 e. The number of nitrogens with one attached hydrogen (secondary N) is 1. The summed E-state index contributed by atoms with van der Waals surface area (Å²) in [4.78, 5) is 27.7. The molecule has 2 fully saturated rings. The Hall–Kier alpha value is -2.23. The van der Waals surface area contributed by atoms with Crippen molar-refractivity contribution in [1.29, 1.82) is 0 Å². The topological polar surface area (TPSA) is 86.8 Å². The molecule has 0 bridgehead atoms. The summed E-state index contributed by atoms with van der Waals surface area (Å²) in [6.45, 7) is 2.55. The second-order valence-corrected chi connectivity index (χ2v) is 10.8. The van der Waals surface area contributed by atoms with Crippen LogP contribution in [0.3, 0.4) is 0 Å². The molecule has 1 aromatic heterocycles. The van der Waals surface area contributed by atoms with Crippen molar-refractivity contribution in [3.05, 3.63) is 46.2 Å². The van der Waals surface area contributed by atoms with Crippen molar-refractivity contribution in [2.75, 3.05) is 31.5 Å². The molecule has 2 amide bonds. The SMILES string of the molecule is O=C(Nc1ccc(C(=O)N2CCCCCC2)cc1)c1sccc1S(=O)(=O)N1CCCC1. The fourth-order valence-corrected chi connectivity index (χ4v) is 6.89. The van der Waals surface area contributed by atoms with E-state index in [0.717, 1.165) is 63.0 Å². The van der Waals surface area contributed by atoms with E-state index in [9.17, 15) is 18.0 Å². The number of likely N-dealkylation sites (tertiary alicyclic amines) is 1. The van der Waals surface area contributed by atoms with Crippen molar-refractivity contribution in [2.24, 2.45) is 0 Å². The van der Waals surface area contributed by atoms with Gasteiger partial charge in [0.05, 0.1) is 0 Å². The molecule has 7 nitrogen and oxygen atoms in total. The van der Waals surface area contributed by atoms with Crippen LogP contribution in [0.1, 0.15) is 58.6 Å². The summed E-state index contributed by atoms with van der Waals surface area (Å²) < 4.78 is 27.2. The molecule has 3 heterocycles. The predicted molar refractivity (Wildman–Crippen MR) is 121 cm³/mol. The van der Waals surface area contributed by atoms with Gasteiger partial charge in [-0.25, -0.2) is 8.42 Å². The van der Waals surface area contributed by atoms with Gasteiger partial charge in [-0.2, -0.15) is 4.31 Å². The number of amides is 2. The third-order valence-electron chi connectivity index (χ3n) is 5.80. The molecular formula is C22H27N3O4S2. The lowest BCUT2D eigenvalue weighted by molar-refractivity contribution is 0.0761. The van der Waals surface area contributed by atoms with Crippen LogP contribution >= 0.6 is 11.3 Å². The number of benzene rings is 1. The van der Waals surface area contributed by atoms with Gasteiger partial charge >= 0.3 is 0 Å². The van der Waals surface area contributed by atoms with Gasteiger partial charge in [-0.15, -0.1) is 11.3 Å². The normalized spacial score (nSPS) is 18.0. The summed E-state index contributed by atoms with van der Waals surface area (Å²) in [6.07, 6.45) is 6.06. The molecule has 4 rings (SSSR count). The van der Waals surface area contributed by atoms with E-state index >= 15 is 0 Å². The Labute approximate surface area is 187 Å². The Bertz CT molecular complexity index is 1030. The fraction of sp³-hybridized carbons (Fsp3) is 0.455. The lowest BCUT2D eigenvalue weighted by Gasteiger charge is -2.20. The zero-order valence-corrected chi connectivity index (χ0v) is 19.0. The first-order chi connectivity index (χ1) is 15.0. The van der Waals surface area contributed by atoms with Crippen molar-refractivity contribution < 1.29 is 18.0 Å². The number of carbonyl (C=O) groups excluding carboxylic acids is 2. The quantitative estimate of drug-likeness (QED) is 0.734. The van der Waals surface area contributed by atoms with E-state index in [0.29, 0.717) is 24.3 Å². The molecule has 2 saturated heterocycles. The van der Waals surface area contributed by atoms with Crippen molar-refractivity contribution >= 4 is 38.9 Å². The summed E-state index contributed by atoms with van der Waals surface area (Å²) in [6, 6.07) is 8.28. The molecule has 9 heteroatoms. The number of hydrogen-bond donors (Lipinski definition) is 1. The van der Waals surface area contributed by atoms with Crippen molar-refractivity contribution in [3.63, 3.8) is 0 Å². The summed E-state index contributed by atoms with van der Waals surface area (Å²) in [5.74, 6) is -0.448. The number of hydrogen-bond acceptors (Lipinski definition) is 5. The average molecular weight is 462 g/mol. The molecule has 31 heavy (non-hydrogen) atoms. The van der Waals surface area contributed by atoms with Crippen LogP contribution in [0.2, 0.25) is 0 Å². The van der Waals surface area contributed by atoms with Gasteiger partial charge in [0, 0.05) is 37.4 Å². The Kier molecular flexibility index (Phi) is 6.74. The number of nitrogens with zero attached hydrogens (tertiary/aromatic N) is 2. The highest BCUT2D eigenvalue weighted by molar-refractivity contribution is 7.89. The van der Waals surface area contributed by atoms with Gasteiger partial charge in [0.1, 0.15) is 9.77 Å². The lowest BCUT2D eigenvalue weighted by atomic mass is 10.1. The molecule has 1 N–H and O–H groups in total. The second-order valence-electron chi connectivity index (χ2n) is 7.96. The lowest BCUT2D eigenvalue weighted by Crippen LogP contribution is -2.31. The van der Waals surface area contributed by atoms with Crippen molar-refractivity contribution in [1.82, 2.24) is 9.21 Å². The van der Waals surface area contributed by atoms with Crippen molar-refractivity contribution in [3.8, 4) is 0 Å². The smallest absolute Gasteiger partial charge is 0.267 e. The number of thiophene rings is 1. The number of rotatable bonds is 5. The first-order valence-electron chi connectivity index (χ1n) is 10.7. The van der Waals surface area contributed by atoms with E-state index in [1.54, 1.807) is 29.6 Å². The summed E-state index contributed by atoms with van der Waals surface area (Å²) in [5.41, 5.74) is 1.11. The molecule has 2 aliphatic heterocycles. The first kappa shape index (κ1) is 22.0. The zero-order chi connectivity index (χ0) is 21.8. The Balaban J connectivity index is 1.45. The predicted octanol–water partition coefficient (Wildman–Crippen LogP) is 3.80. The molecule has 0 atom stereocenters. The minimum Gasteiger partial charge on any atom is -0.339 e. The molecule has 2 aromatic rings. The number of anilines is 1. The van der Waals surface area contributed by atoms with Gasteiger partial charge < -0.3 is 10.2 Å². The Morgan fingerprint density at radius 2 is 1.45 bits per heavy atom. The minimum atomic E-state index is -3.66. The third kappa shape index (κ3) is 4.83. The molecule has 0 aliphatic carbocycles. The molecule has 166 valence electrons. The Morgan fingerprint density at radius 1 is 0.839 bits per heavy atom. The summed E-state index contributed by atoms with van der Waals surface area (Å²) >= 11 is 1.11. The molecular weight excluding hydrogens is 434 g/mol. The monoisotopic (exact) mass is 461 g/mol. The highest BCUT2D eigenvalue weighted by Crippen LogP contribution is 2.28. The van der Waals surface area contributed by atoms with Crippen LogP contribution < -0.4 is 5.32 Å². The molecule has 1 aromatic carbocycles. The molecule has 0 spiro atoms. The van der Waals surface area contributed by atoms with Crippen LogP contribution in [0.5, 0.6) is 0 Å². The van der Waals surface area contributed by atoms with Gasteiger partial charge in [-0.3, -0.25) is 9.59 Å². The van der Waals surface area contributed by atoms with Gasteiger partial charge in [-0.05, 0) is 61.4 Å². The van der Waals surface area contributed by atoms with Gasteiger partial charge in [-0.1, -0.05) is 12.8 Å². The van der Waals surface area contributed by atoms with Crippen LogP contribution in [-0.4, -0.2) is 55.6 Å². The maximum Gasteiger partial charge on any atom is 0.267 e.